The molecule has 0 heterocycles. The van der Waals surface area contributed by atoms with Gasteiger partial charge in [0.1, 0.15) is 25.8 Å². The van der Waals surface area contributed by atoms with Gasteiger partial charge in [-0.25, -0.2) is 0 Å². The van der Waals surface area contributed by atoms with E-state index in [2.05, 4.69) is 27.8 Å². The smallest absolute Gasteiger partial charge is 0.175 e. The molecule has 0 aliphatic carbocycles. The zero-order chi connectivity index (χ0) is 17.4. The van der Waals surface area contributed by atoms with Gasteiger partial charge in [-0.05, 0) is 33.6 Å². The summed E-state index contributed by atoms with van der Waals surface area (Å²) >= 11 is 3.52. The third kappa shape index (κ3) is 5.09. The number of benzene rings is 2. The summed E-state index contributed by atoms with van der Waals surface area (Å²) in [6.07, 6.45) is 1.21. The van der Waals surface area contributed by atoms with Crippen molar-refractivity contribution in [2.24, 2.45) is 0 Å². The van der Waals surface area contributed by atoms with Crippen molar-refractivity contribution in [2.45, 2.75) is 12.6 Å². The molecule has 0 bridgehead atoms. The van der Waals surface area contributed by atoms with Gasteiger partial charge in [0.15, 0.2) is 11.5 Å². The van der Waals surface area contributed by atoms with Gasteiger partial charge >= 0.3 is 0 Å². The van der Waals surface area contributed by atoms with Crippen molar-refractivity contribution in [3.8, 4) is 11.5 Å². The van der Waals surface area contributed by atoms with Gasteiger partial charge in [0.25, 0.3) is 0 Å². The van der Waals surface area contributed by atoms with Crippen LogP contribution in [0.25, 0.3) is 0 Å². The highest BCUT2D eigenvalue weighted by Crippen LogP contribution is 2.36. The van der Waals surface area contributed by atoms with Gasteiger partial charge in [0.2, 0.25) is 0 Å². The van der Waals surface area contributed by atoms with Crippen LogP contribution in [-0.4, -0.2) is 25.4 Å². The number of rotatable bonds is 9. The SMILES string of the molecule is C=CCOc1c(Br)cc(C[NH2+]C[C@@H](O)c2ccccc2)cc1OC. The molecule has 0 spiro atoms. The molecule has 0 fully saturated rings. The van der Waals surface area contributed by atoms with Crippen molar-refractivity contribution in [1.29, 1.82) is 0 Å². The molecule has 1 atom stereocenters. The van der Waals surface area contributed by atoms with Gasteiger partial charge in [-0.1, -0.05) is 43.0 Å². The van der Waals surface area contributed by atoms with Crippen LogP contribution in [0.2, 0.25) is 0 Å². The Labute approximate surface area is 151 Å². The first-order valence-electron chi connectivity index (χ1n) is 7.80. The van der Waals surface area contributed by atoms with Crippen LogP contribution >= 0.6 is 15.9 Å². The average Bonchev–Trinajstić information content (AvgIpc) is 2.61. The van der Waals surface area contributed by atoms with E-state index in [1.54, 1.807) is 13.2 Å². The first kappa shape index (κ1) is 18.5. The minimum absolute atomic E-state index is 0.420. The molecule has 3 N–H and O–H groups in total. The zero-order valence-corrected chi connectivity index (χ0v) is 15.3. The van der Waals surface area contributed by atoms with Crippen molar-refractivity contribution >= 4 is 15.9 Å². The molecule has 5 heteroatoms. The Morgan fingerprint density at radius 3 is 2.71 bits per heavy atom. The number of nitrogens with two attached hydrogens (primary N) is 1. The summed E-state index contributed by atoms with van der Waals surface area (Å²) in [4.78, 5) is 0. The van der Waals surface area contributed by atoms with Crippen LogP contribution in [0.5, 0.6) is 11.5 Å². The summed E-state index contributed by atoms with van der Waals surface area (Å²) in [5.41, 5.74) is 2.02. The van der Waals surface area contributed by atoms with E-state index in [4.69, 9.17) is 9.47 Å². The molecule has 0 aromatic heterocycles. The van der Waals surface area contributed by atoms with Crippen LogP contribution in [0.3, 0.4) is 0 Å². The average molecular weight is 393 g/mol. The molecular formula is C19H23BrNO3+. The number of aliphatic hydroxyl groups excluding tert-OH is 1. The van der Waals surface area contributed by atoms with Gasteiger partial charge in [-0.2, -0.15) is 0 Å². The second-order valence-corrected chi connectivity index (χ2v) is 6.22. The molecule has 4 nitrogen and oxygen atoms in total. The fraction of sp³-hybridized carbons (Fsp3) is 0.263. The van der Waals surface area contributed by atoms with Crippen molar-refractivity contribution in [3.63, 3.8) is 0 Å². The van der Waals surface area contributed by atoms with Crippen LogP contribution < -0.4 is 14.8 Å². The van der Waals surface area contributed by atoms with E-state index < -0.39 is 6.10 Å². The lowest BCUT2D eigenvalue weighted by molar-refractivity contribution is -0.677. The molecule has 0 aliphatic heterocycles. The van der Waals surface area contributed by atoms with E-state index in [0.29, 0.717) is 24.7 Å². The molecule has 0 aliphatic rings. The number of ether oxygens (including phenoxy) is 2. The monoisotopic (exact) mass is 392 g/mol. The Balaban J connectivity index is 1.97. The summed E-state index contributed by atoms with van der Waals surface area (Å²) in [7, 11) is 1.62. The lowest BCUT2D eigenvalue weighted by atomic mass is 10.1. The molecule has 2 aromatic rings. The molecule has 2 rings (SSSR count). The van der Waals surface area contributed by atoms with E-state index in [1.807, 2.05) is 42.5 Å². The lowest BCUT2D eigenvalue weighted by Gasteiger charge is -2.14. The summed E-state index contributed by atoms with van der Waals surface area (Å²) in [6.45, 7) is 5.40. The maximum absolute atomic E-state index is 10.2. The van der Waals surface area contributed by atoms with E-state index in [9.17, 15) is 5.11 Å². The number of hydrogen-bond acceptors (Lipinski definition) is 3. The Bertz CT molecular complexity index is 661. The second-order valence-electron chi connectivity index (χ2n) is 5.36. The third-order valence-corrected chi connectivity index (χ3v) is 4.18. The number of methoxy groups -OCH3 is 1. The summed E-state index contributed by atoms with van der Waals surface area (Å²) in [5, 5.41) is 12.3. The van der Waals surface area contributed by atoms with Crippen LogP contribution in [0, 0.1) is 0 Å². The van der Waals surface area contributed by atoms with E-state index in [1.165, 1.54) is 0 Å². The predicted molar refractivity (Wildman–Crippen MR) is 98.3 cm³/mol. The van der Waals surface area contributed by atoms with Gasteiger partial charge in [-0.3, -0.25) is 0 Å². The van der Waals surface area contributed by atoms with Crippen molar-refractivity contribution in [3.05, 3.63) is 70.7 Å². The molecule has 2 aromatic carbocycles. The Morgan fingerprint density at radius 1 is 1.29 bits per heavy atom. The van der Waals surface area contributed by atoms with E-state index >= 15 is 0 Å². The standard InChI is InChI=1S/C19H22BrNO3/c1-3-9-24-19-16(20)10-14(11-18(19)23-2)12-21-13-17(22)15-7-5-4-6-8-15/h3-8,10-11,17,21-22H,1,9,12-13H2,2H3/p+1/t17-/m1/s1. The molecule has 0 saturated heterocycles. The first-order valence-corrected chi connectivity index (χ1v) is 8.59. The summed E-state index contributed by atoms with van der Waals surface area (Å²) < 4.78 is 11.9. The maximum Gasteiger partial charge on any atom is 0.175 e. The topological polar surface area (TPSA) is 55.3 Å². The van der Waals surface area contributed by atoms with Crippen molar-refractivity contribution in [2.75, 3.05) is 20.3 Å². The number of aliphatic hydroxyl groups is 1. The van der Waals surface area contributed by atoms with Crippen LogP contribution in [0.15, 0.2) is 59.6 Å². The zero-order valence-electron chi connectivity index (χ0n) is 13.7. The molecule has 24 heavy (non-hydrogen) atoms. The van der Waals surface area contributed by atoms with Crippen molar-refractivity contribution in [1.82, 2.24) is 0 Å². The third-order valence-electron chi connectivity index (χ3n) is 3.59. The van der Waals surface area contributed by atoms with Gasteiger partial charge in [0.05, 0.1) is 11.6 Å². The second kappa shape index (κ2) is 9.47. The molecule has 0 saturated carbocycles. The number of hydrogen-bond donors (Lipinski definition) is 2. The fourth-order valence-electron chi connectivity index (χ4n) is 2.39. The highest BCUT2D eigenvalue weighted by molar-refractivity contribution is 9.10. The maximum atomic E-state index is 10.2. The van der Waals surface area contributed by atoms with Crippen LogP contribution in [0.1, 0.15) is 17.2 Å². The Hall–Kier alpha value is -1.82. The molecular weight excluding hydrogens is 370 g/mol. The highest BCUT2D eigenvalue weighted by Gasteiger charge is 2.13. The summed E-state index contributed by atoms with van der Waals surface area (Å²) in [6, 6.07) is 13.6. The van der Waals surface area contributed by atoms with Crippen molar-refractivity contribution < 1.29 is 19.9 Å². The fourth-order valence-corrected chi connectivity index (χ4v) is 3.00. The van der Waals surface area contributed by atoms with E-state index in [0.717, 1.165) is 22.1 Å². The van der Waals surface area contributed by atoms with Gasteiger partial charge in [0, 0.05) is 5.56 Å². The first-order chi connectivity index (χ1) is 11.7. The Morgan fingerprint density at radius 2 is 2.04 bits per heavy atom. The number of quaternary nitrogens is 1. The molecule has 0 radical (unpaired) electrons. The quantitative estimate of drug-likeness (QED) is 0.645. The normalized spacial score (nSPS) is 11.8. The molecule has 128 valence electrons. The minimum atomic E-state index is -0.480. The van der Waals surface area contributed by atoms with Gasteiger partial charge < -0.3 is 19.9 Å². The van der Waals surface area contributed by atoms with E-state index in [-0.39, 0.29) is 0 Å². The summed E-state index contributed by atoms with van der Waals surface area (Å²) in [5.74, 6) is 1.35. The predicted octanol–water partition coefficient (Wildman–Crippen LogP) is 2.82. The highest BCUT2D eigenvalue weighted by atomic mass is 79.9. The Kier molecular flexibility index (Phi) is 7.31. The van der Waals surface area contributed by atoms with Gasteiger partial charge in [-0.15, -0.1) is 0 Å². The number of halogens is 1. The molecule has 0 unspecified atom stereocenters. The van der Waals surface area contributed by atoms with Crippen LogP contribution in [-0.2, 0) is 6.54 Å². The lowest BCUT2D eigenvalue weighted by Crippen LogP contribution is -2.83. The van der Waals surface area contributed by atoms with Crippen LogP contribution in [0.4, 0.5) is 0 Å². The molecule has 0 amide bonds. The largest absolute Gasteiger partial charge is 0.493 e. The minimum Gasteiger partial charge on any atom is -0.493 e.